The van der Waals surface area contributed by atoms with Crippen LogP contribution < -0.4 is 10.9 Å². The molecule has 0 saturated carbocycles. The zero-order valence-corrected chi connectivity index (χ0v) is 16.3. The van der Waals surface area contributed by atoms with Gasteiger partial charge in [-0.2, -0.15) is 0 Å². The highest BCUT2D eigenvalue weighted by molar-refractivity contribution is 6.04. The van der Waals surface area contributed by atoms with Gasteiger partial charge in [0, 0.05) is 12.6 Å². The lowest BCUT2D eigenvalue weighted by Crippen LogP contribution is -2.22. The first-order valence-electron chi connectivity index (χ1n) is 9.37. The summed E-state index contributed by atoms with van der Waals surface area (Å²) in [4.78, 5) is 25.7. The summed E-state index contributed by atoms with van der Waals surface area (Å²) < 4.78 is 3.29. The van der Waals surface area contributed by atoms with Crippen LogP contribution in [0.25, 0.3) is 16.8 Å². The number of carbonyl (C=O) groups is 1. The monoisotopic (exact) mass is 383 g/mol. The van der Waals surface area contributed by atoms with Crippen molar-refractivity contribution in [3.8, 4) is 16.8 Å². The van der Waals surface area contributed by atoms with Crippen molar-refractivity contribution in [3.05, 3.63) is 107 Å². The standard InChI is InChI=1S/C24H21N3O2/c1-17-22(24(29)27(26(17)2)21-11-7-4-8-12-21)25-23(28)20-15-13-19(14-16-20)18-9-5-3-6-10-18/h3-16H,1-2H3,(H,25,28). The van der Waals surface area contributed by atoms with Crippen LogP contribution in [0.5, 0.6) is 0 Å². The molecule has 0 atom stereocenters. The average Bonchev–Trinajstić information content (AvgIpc) is 2.98. The minimum atomic E-state index is -0.310. The lowest BCUT2D eigenvalue weighted by atomic mass is 10.0. The van der Waals surface area contributed by atoms with Gasteiger partial charge in [-0.1, -0.05) is 60.7 Å². The molecule has 4 aromatic rings. The third kappa shape index (κ3) is 3.50. The van der Waals surface area contributed by atoms with Gasteiger partial charge in [-0.15, -0.1) is 0 Å². The third-order valence-electron chi connectivity index (χ3n) is 5.05. The number of benzene rings is 3. The quantitative estimate of drug-likeness (QED) is 0.568. The topological polar surface area (TPSA) is 56.0 Å². The van der Waals surface area contributed by atoms with E-state index in [4.69, 9.17) is 0 Å². The minimum Gasteiger partial charge on any atom is -0.316 e. The summed E-state index contributed by atoms with van der Waals surface area (Å²) in [5.74, 6) is -0.310. The fourth-order valence-corrected chi connectivity index (χ4v) is 3.34. The second-order valence-corrected chi connectivity index (χ2v) is 6.83. The van der Waals surface area contributed by atoms with Crippen LogP contribution in [-0.4, -0.2) is 15.3 Å². The predicted molar refractivity (Wildman–Crippen MR) is 116 cm³/mol. The molecular formula is C24H21N3O2. The van der Waals surface area contributed by atoms with Gasteiger partial charge in [0.1, 0.15) is 5.69 Å². The van der Waals surface area contributed by atoms with Crippen molar-refractivity contribution >= 4 is 11.6 Å². The molecule has 0 fully saturated rings. The first kappa shape index (κ1) is 18.5. The van der Waals surface area contributed by atoms with Crippen molar-refractivity contribution in [1.82, 2.24) is 9.36 Å². The van der Waals surface area contributed by atoms with Crippen LogP contribution in [0, 0.1) is 6.92 Å². The van der Waals surface area contributed by atoms with Crippen molar-refractivity contribution in [2.75, 3.05) is 5.32 Å². The molecular weight excluding hydrogens is 362 g/mol. The Bertz CT molecular complexity index is 1200. The van der Waals surface area contributed by atoms with E-state index in [1.54, 1.807) is 28.5 Å². The molecule has 0 radical (unpaired) electrons. The van der Waals surface area contributed by atoms with Crippen LogP contribution in [-0.2, 0) is 7.05 Å². The van der Waals surface area contributed by atoms with Gasteiger partial charge >= 0.3 is 0 Å². The molecule has 29 heavy (non-hydrogen) atoms. The Kier molecular flexibility index (Phi) is 4.87. The lowest BCUT2D eigenvalue weighted by Gasteiger charge is -2.07. The smallest absolute Gasteiger partial charge is 0.295 e. The summed E-state index contributed by atoms with van der Waals surface area (Å²) >= 11 is 0. The Labute approximate surface area is 168 Å². The van der Waals surface area contributed by atoms with Crippen LogP contribution in [0.3, 0.4) is 0 Å². The SMILES string of the molecule is Cc1c(NC(=O)c2ccc(-c3ccccc3)cc2)c(=O)n(-c2ccccc2)n1C. The van der Waals surface area contributed by atoms with Crippen molar-refractivity contribution in [2.45, 2.75) is 6.92 Å². The van der Waals surface area contributed by atoms with Gasteiger partial charge in [0.15, 0.2) is 0 Å². The molecule has 0 aliphatic heterocycles. The van der Waals surface area contributed by atoms with Crippen LogP contribution >= 0.6 is 0 Å². The number of hydrogen-bond acceptors (Lipinski definition) is 2. The van der Waals surface area contributed by atoms with Crippen LogP contribution in [0.1, 0.15) is 16.1 Å². The molecule has 144 valence electrons. The Morgan fingerprint density at radius 1 is 0.793 bits per heavy atom. The van der Waals surface area contributed by atoms with E-state index in [1.807, 2.05) is 79.7 Å². The van der Waals surface area contributed by atoms with Crippen LogP contribution in [0.15, 0.2) is 89.7 Å². The molecule has 0 saturated heterocycles. The lowest BCUT2D eigenvalue weighted by molar-refractivity contribution is 0.102. The van der Waals surface area contributed by atoms with Crippen LogP contribution in [0.4, 0.5) is 5.69 Å². The van der Waals surface area contributed by atoms with Gasteiger partial charge < -0.3 is 5.32 Å². The van der Waals surface area contributed by atoms with E-state index in [2.05, 4.69) is 5.32 Å². The Hall–Kier alpha value is -3.86. The van der Waals surface area contributed by atoms with Gasteiger partial charge in [-0.05, 0) is 42.3 Å². The third-order valence-corrected chi connectivity index (χ3v) is 5.05. The number of nitrogens with zero attached hydrogens (tertiary/aromatic N) is 2. The highest BCUT2D eigenvalue weighted by Crippen LogP contribution is 2.20. The Morgan fingerprint density at radius 2 is 1.34 bits per heavy atom. The van der Waals surface area contributed by atoms with Crippen LogP contribution in [0.2, 0.25) is 0 Å². The molecule has 4 rings (SSSR count). The molecule has 1 amide bonds. The first-order valence-corrected chi connectivity index (χ1v) is 9.37. The van der Waals surface area contributed by atoms with Gasteiger partial charge in [0.25, 0.3) is 11.5 Å². The fourth-order valence-electron chi connectivity index (χ4n) is 3.34. The summed E-state index contributed by atoms with van der Waals surface area (Å²) in [6.07, 6.45) is 0. The fraction of sp³-hybridized carbons (Fsp3) is 0.0833. The molecule has 0 aliphatic rings. The molecule has 5 heteroatoms. The van der Waals surface area contributed by atoms with Gasteiger partial charge in [0.05, 0.1) is 11.4 Å². The van der Waals surface area contributed by atoms with Crippen molar-refractivity contribution < 1.29 is 4.79 Å². The Balaban J connectivity index is 1.62. The van der Waals surface area contributed by atoms with Crippen molar-refractivity contribution in [3.63, 3.8) is 0 Å². The number of hydrogen-bond donors (Lipinski definition) is 1. The maximum Gasteiger partial charge on any atom is 0.295 e. The molecule has 0 unspecified atom stereocenters. The maximum atomic E-state index is 12.9. The number of amides is 1. The molecule has 3 aromatic carbocycles. The molecule has 0 aliphatic carbocycles. The number of aromatic nitrogens is 2. The maximum absolute atomic E-state index is 12.9. The summed E-state index contributed by atoms with van der Waals surface area (Å²) in [5, 5.41) is 2.79. The number of anilines is 1. The highest BCUT2D eigenvalue weighted by atomic mass is 16.2. The summed E-state index contributed by atoms with van der Waals surface area (Å²) in [7, 11) is 1.80. The molecule has 1 heterocycles. The summed E-state index contributed by atoms with van der Waals surface area (Å²) in [6, 6.07) is 26.7. The predicted octanol–water partition coefficient (Wildman–Crippen LogP) is 4.40. The minimum absolute atomic E-state index is 0.259. The van der Waals surface area contributed by atoms with E-state index in [1.165, 1.54) is 0 Å². The zero-order chi connectivity index (χ0) is 20.4. The number of para-hydroxylation sites is 1. The van der Waals surface area contributed by atoms with Crippen molar-refractivity contribution in [1.29, 1.82) is 0 Å². The average molecular weight is 383 g/mol. The van der Waals surface area contributed by atoms with Crippen molar-refractivity contribution in [2.24, 2.45) is 7.05 Å². The summed E-state index contributed by atoms with van der Waals surface area (Å²) in [6.45, 7) is 1.81. The molecule has 0 bridgehead atoms. The summed E-state index contributed by atoms with van der Waals surface area (Å²) in [5.41, 5.74) is 4.08. The van der Waals surface area contributed by atoms with E-state index in [0.717, 1.165) is 16.8 Å². The highest BCUT2D eigenvalue weighted by Gasteiger charge is 2.18. The number of rotatable bonds is 4. The molecule has 0 spiro atoms. The number of nitrogens with one attached hydrogen (secondary N) is 1. The Morgan fingerprint density at radius 3 is 1.97 bits per heavy atom. The van der Waals surface area contributed by atoms with Gasteiger partial charge in [-0.3, -0.25) is 14.3 Å². The second-order valence-electron chi connectivity index (χ2n) is 6.83. The van der Waals surface area contributed by atoms with Gasteiger partial charge in [-0.25, -0.2) is 4.68 Å². The largest absolute Gasteiger partial charge is 0.316 e. The van der Waals surface area contributed by atoms with E-state index in [-0.39, 0.29) is 17.2 Å². The van der Waals surface area contributed by atoms with E-state index in [9.17, 15) is 9.59 Å². The first-order chi connectivity index (χ1) is 14.1. The normalized spacial score (nSPS) is 10.7. The van der Waals surface area contributed by atoms with E-state index in [0.29, 0.717) is 11.3 Å². The molecule has 1 aromatic heterocycles. The van der Waals surface area contributed by atoms with E-state index >= 15 is 0 Å². The van der Waals surface area contributed by atoms with Gasteiger partial charge in [0.2, 0.25) is 0 Å². The second kappa shape index (κ2) is 7.64. The number of carbonyl (C=O) groups excluding carboxylic acids is 1. The molecule has 5 nitrogen and oxygen atoms in total. The van der Waals surface area contributed by atoms with E-state index < -0.39 is 0 Å². The zero-order valence-electron chi connectivity index (χ0n) is 16.3. The molecule has 1 N–H and O–H groups in total.